The average molecular weight is 332 g/mol. The number of amides is 1. The highest BCUT2D eigenvalue weighted by Crippen LogP contribution is 2.31. The minimum atomic E-state index is -4.39. The molecule has 0 aliphatic carbocycles. The van der Waals surface area contributed by atoms with Gasteiger partial charge in [-0.2, -0.15) is 13.2 Å². The van der Waals surface area contributed by atoms with Crippen LogP contribution in [-0.4, -0.2) is 38.4 Å². The number of nitrogens with two attached hydrogens (primary N) is 1. The zero-order chi connectivity index (χ0) is 16.9. The van der Waals surface area contributed by atoms with E-state index in [-0.39, 0.29) is 18.2 Å². The third kappa shape index (κ3) is 4.84. The standard InChI is InChI=1S/C15H19F3N2O3/c16-15(17,18)10-23-12-3-1-11(2-4-12)20-13(21)14(9-19)5-7-22-8-6-14/h1-4H,5-10,19H2,(H,20,21). The Bertz CT molecular complexity index is 526. The largest absolute Gasteiger partial charge is 0.484 e. The highest BCUT2D eigenvalue weighted by atomic mass is 19.4. The van der Waals surface area contributed by atoms with Gasteiger partial charge in [0.25, 0.3) is 0 Å². The van der Waals surface area contributed by atoms with Gasteiger partial charge in [0.15, 0.2) is 6.61 Å². The van der Waals surface area contributed by atoms with E-state index in [0.717, 1.165) is 0 Å². The van der Waals surface area contributed by atoms with E-state index in [1.54, 1.807) is 0 Å². The Morgan fingerprint density at radius 2 is 1.87 bits per heavy atom. The van der Waals surface area contributed by atoms with Crippen molar-refractivity contribution in [3.05, 3.63) is 24.3 Å². The van der Waals surface area contributed by atoms with E-state index in [2.05, 4.69) is 10.1 Å². The maximum Gasteiger partial charge on any atom is 0.422 e. The maximum atomic E-state index is 12.4. The molecule has 1 aromatic carbocycles. The number of ether oxygens (including phenoxy) is 2. The average Bonchev–Trinajstić information content (AvgIpc) is 2.54. The van der Waals surface area contributed by atoms with Gasteiger partial charge in [0.2, 0.25) is 5.91 Å². The molecule has 1 saturated heterocycles. The molecule has 0 spiro atoms. The number of benzene rings is 1. The van der Waals surface area contributed by atoms with Gasteiger partial charge in [0, 0.05) is 25.4 Å². The van der Waals surface area contributed by atoms with Crippen LogP contribution in [0.4, 0.5) is 18.9 Å². The predicted octanol–water partition coefficient (Wildman–Crippen LogP) is 2.32. The molecule has 128 valence electrons. The summed E-state index contributed by atoms with van der Waals surface area (Å²) in [6.45, 7) is -0.173. The van der Waals surface area contributed by atoms with E-state index < -0.39 is 18.2 Å². The first-order valence-electron chi connectivity index (χ1n) is 7.24. The Morgan fingerprint density at radius 3 is 2.39 bits per heavy atom. The molecular formula is C15H19F3N2O3. The number of halogens is 3. The summed E-state index contributed by atoms with van der Waals surface area (Å²) in [5, 5.41) is 2.75. The number of hydrogen-bond donors (Lipinski definition) is 2. The molecule has 0 atom stereocenters. The van der Waals surface area contributed by atoms with Crippen molar-refractivity contribution in [1.82, 2.24) is 0 Å². The first kappa shape index (κ1) is 17.6. The molecule has 23 heavy (non-hydrogen) atoms. The molecule has 3 N–H and O–H groups in total. The van der Waals surface area contributed by atoms with E-state index in [0.29, 0.717) is 31.7 Å². The third-order valence-corrected chi connectivity index (χ3v) is 3.84. The van der Waals surface area contributed by atoms with Crippen molar-refractivity contribution in [1.29, 1.82) is 0 Å². The number of nitrogens with one attached hydrogen (secondary N) is 1. The van der Waals surface area contributed by atoms with Crippen LogP contribution in [0.15, 0.2) is 24.3 Å². The second-order valence-electron chi connectivity index (χ2n) is 5.48. The van der Waals surface area contributed by atoms with Gasteiger partial charge in [-0.1, -0.05) is 0 Å². The number of carbonyl (C=O) groups is 1. The fourth-order valence-electron chi connectivity index (χ4n) is 2.35. The fraction of sp³-hybridized carbons (Fsp3) is 0.533. The Kier molecular flexibility index (Phi) is 5.48. The lowest BCUT2D eigenvalue weighted by Gasteiger charge is -2.34. The van der Waals surface area contributed by atoms with Crippen LogP contribution in [0, 0.1) is 5.41 Å². The van der Waals surface area contributed by atoms with E-state index >= 15 is 0 Å². The smallest absolute Gasteiger partial charge is 0.422 e. The van der Waals surface area contributed by atoms with Crippen molar-refractivity contribution in [2.24, 2.45) is 11.1 Å². The Morgan fingerprint density at radius 1 is 1.26 bits per heavy atom. The normalized spacial score (nSPS) is 17.6. The van der Waals surface area contributed by atoms with E-state index in [4.69, 9.17) is 10.5 Å². The molecule has 2 rings (SSSR count). The first-order valence-corrected chi connectivity index (χ1v) is 7.24. The summed E-state index contributed by atoms with van der Waals surface area (Å²) in [6, 6.07) is 5.74. The number of rotatable bonds is 5. The molecule has 0 radical (unpaired) electrons. The summed E-state index contributed by atoms with van der Waals surface area (Å²) in [4.78, 5) is 12.4. The van der Waals surface area contributed by atoms with Crippen molar-refractivity contribution in [3.8, 4) is 5.75 Å². The Labute approximate surface area is 131 Å². The lowest BCUT2D eigenvalue weighted by molar-refractivity contribution is -0.153. The highest BCUT2D eigenvalue weighted by Gasteiger charge is 2.38. The van der Waals surface area contributed by atoms with Gasteiger partial charge in [-0.25, -0.2) is 0 Å². The molecule has 1 aromatic rings. The highest BCUT2D eigenvalue weighted by molar-refractivity contribution is 5.95. The van der Waals surface area contributed by atoms with Crippen LogP contribution in [0.1, 0.15) is 12.8 Å². The summed E-state index contributed by atoms with van der Waals surface area (Å²) in [6.07, 6.45) is -3.30. The van der Waals surface area contributed by atoms with Crippen LogP contribution in [-0.2, 0) is 9.53 Å². The summed E-state index contributed by atoms with van der Waals surface area (Å²) in [5.74, 6) is -0.118. The summed E-state index contributed by atoms with van der Waals surface area (Å²) >= 11 is 0. The van der Waals surface area contributed by atoms with Crippen molar-refractivity contribution in [3.63, 3.8) is 0 Å². The van der Waals surface area contributed by atoms with Gasteiger partial charge < -0.3 is 20.5 Å². The van der Waals surface area contributed by atoms with Gasteiger partial charge in [-0.05, 0) is 37.1 Å². The van der Waals surface area contributed by atoms with Crippen LogP contribution in [0.5, 0.6) is 5.75 Å². The van der Waals surface area contributed by atoms with Gasteiger partial charge in [0.05, 0.1) is 5.41 Å². The zero-order valence-corrected chi connectivity index (χ0v) is 12.5. The molecule has 0 bridgehead atoms. The number of hydrogen-bond acceptors (Lipinski definition) is 4. The molecular weight excluding hydrogens is 313 g/mol. The third-order valence-electron chi connectivity index (χ3n) is 3.84. The van der Waals surface area contributed by atoms with Crippen LogP contribution < -0.4 is 15.8 Å². The Balaban J connectivity index is 1.96. The van der Waals surface area contributed by atoms with Crippen molar-refractivity contribution < 1.29 is 27.4 Å². The minimum Gasteiger partial charge on any atom is -0.484 e. The zero-order valence-electron chi connectivity index (χ0n) is 12.5. The molecule has 1 aliphatic heterocycles. The SMILES string of the molecule is NCC1(C(=O)Nc2ccc(OCC(F)(F)F)cc2)CCOCC1. The number of carbonyl (C=O) groups excluding carboxylic acids is 1. The van der Waals surface area contributed by atoms with Crippen LogP contribution >= 0.6 is 0 Å². The summed E-state index contributed by atoms with van der Waals surface area (Å²) in [7, 11) is 0. The second-order valence-corrected chi connectivity index (χ2v) is 5.48. The molecule has 1 amide bonds. The molecule has 0 aromatic heterocycles. The van der Waals surface area contributed by atoms with Crippen LogP contribution in [0.3, 0.4) is 0 Å². The number of anilines is 1. The molecule has 0 saturated carbocycles. The molecule has 1 aliphatic rings. The quantitative estimate of drug-likeness (QED) is 0.868. The molecule has 1 heterocycles. The van der Waals surface area contributed by atoms with Gasteiger partial charge >= 0.3 is 6.18 Å². The number of alkyl halides is 3. The van der Waals surface area contributed by atoms with E-state index in [9.17, 15) is 18.0 Å². The van der Waals surface area contributed by atoms with E-state index in [1.165, 1.54) is 24.3 Å². The lowest BCUT2D eigenvalue weighted by atomic mass is 9.79. The molecule has 0 unspecified atom stereocenters. The first-order chi connectivity index (χ1) is 10.8. The Hall–Kier alpha value is -1.80. The summed E-state index contributed by atoms with van der Waals surface area (Å²) in [5.41, 5.74) is 5.57. The van der Waals surface area contributed by atoms with Gasteiger partial charge in [0.1, 0.15) is 5.75 Å². The van der Waals surface area contributed by atoms with Gasteiger partial charge in [-0.15, -0.1) is 0 Å². The van der Waals surface area contributed by atoms with Crippen LogP contribution in [0.25, 0.3) is 0 Å². The lowest BCUT2D eigenvalue weighted by Crippen LogP contribution is -2.46. The summed E-state index contributed by atoms with van der Waals surface area (Å²) < 4.78 is 46.1. The van der Waals surface area contributed by atoms with Crippen molar-refractivity contribution >= 4 is 11.6 Å². The molecule has 8 heteroatoms. The fourth-order valence-corrected chi connectivity index (χ4v) is 2.35. The van der Waals surface area contributed by atoms with Crippen molar-refractivity contribution in [2.45, 2.75) is 19.0 Å². The molecule has 5 nitrogen and oxygen atoms in total. The molecule has 1 fully saturated rings. The van der Waals surface area contributed by atoms with E-state index in [1.807, 2.05) is 0 Å². The predicted molar refractivity (Wildman–Crippen MR) is 78.2 cm³/mol. The van der Waals surface area contributed by atoms with Gasteiger partial charge in [-0.3, -0.25) is 4.79 Å². The van der Waals surface area contributed by atoms with Crippen molar-refractivity contribution in [2.75, 3.05) is 31.7 Å². The maximum absolute atomic E-state index is 12.4. The van der Waals surface area contributed by atoms with Crippen LogP contribution in [0.2, 0.25) is 0 Å². The monoisotopic (exact) mass is 332 g/mol. The topological polar surface area (TPSA) is 73.6 Å². The minimum absolute atomic E-state index is 0.0833. The second kappa shape index (κ2) is 7.18.